The number of amides is 1. The van der Waals surface area contributed by atoms with Crippen LogP contribution in [0.15, 0.2) is 10.6 Å². The van der Waals surface area contributed by atoms with Crippen LogP contribution in [0.25, 0.3) is 0 Å². The highest BCUT2D eigenvalue weighted by molar-refractivity contribution is 5.93. The second kappa shape index (κ2) is 7.90. The summed E-state index contributed by atoms with van der Waals surface area (Å²) < 4.78 is 5.04. The molecule has 130 valence electrons. The standard InChI is InChI=1S/C16H28N4O3/c1-5-14-10-19(6-7-20(14)9-12(3)21)13(4)16(22)17-15-8-11(2)18-23-15/h8,12-14,21H,5-7,9-10H2,1-4H3,(H,17,22)/t12-,13-,14+/m0/s1. The Balaban J connectivity index is 1.92. The molecule has 0 radical (unpaired) electrons. The van der Waals surface area contributed by atoms with Crippen molar-refractivity contribution in [3.63, 3.8) is 0 Å². The summed E-state index contributed by atoms with van der Waals surface area (Å²) in [6, 6.07) is 1.84. The lowest BCUT2D eigenvalue weighted by Gasteiger charge is -2.43. The van der Waals surface area contributed by atoms with Gasteiger partial charge >= 0.3 is 0 Å². The van der Waals surface area contributed by atoms with E-state index in [1.54, 1.807) is 6.07 Å². The number of hydrogen-bond donors (Lipinski definition) is 2. The first kappa shape index (κ1) is 17.9. The van der Waals surface area contributed by atoms with Crippen molar-refractivity contribution in [3.05, 3.63) is 11.8 Å². The smallest absolute Gasteiger partial charge is 0.243 e. The summed E-state index contributed by atoms with van der Waals surface area (Å²) in [5.74, 6) is 0.305. The summed E-state index contributed by atoms with van der Waals surface area (Å²) >= 11 is 0. The van der Waals surface area contributed by atoms with Gasteiger partial charge in [-0.25, -0.2) is 0 Å². The molecule has 2 rings (SSSR count). The normalized spacial score (nSPS) is 22.7. The van der Waals surface area contributed by atoms with Crippen molar-refractivity contribution in [1.82, 2.24) is 15.0 Å². The van der Waals surface area contributed by atoms with Crippen molar-refractivity contribution in [1.29, 1.82) is 0 Å². The number of carbonyl (C=O) groups excluding carboxylic acids is 1. The number of carbonyl (C=O) groups is 1. The maximum atomic E-state index is 12.4. The molecule has 2 heterocycles. The van der Waals surface area contributed by atoms with Crippen molar-refractivity contribution in [2.75, 3.05) is 31.5 Å². The number of aryl methyl sites for hydroxylation is 1. The van der Waals surface area contributed by atoms with Gasteiger partial charge in [-0.3, -0.25) is 19.9 Å². The van der Waals surface area contributed by atoms with Crippen molar-refractivity contribution in [3.8, 4) is 0 Å². The number of aromatic nitrogens is 1. The Morgan fingerprint density at radius 1 is 1.52 bits per heavy atom. The van der Waals surface area contributed by atoms with Crippen molar-refractivity contribution in [2.24, 2.45) is 0 Å². The van der Waals surface area contributed by atoms with Crippen molar-refractivity contribution >= 4 is 11.8 Å². The van der Waals surface area contributed by atoms with Crippen LogP contribution in [-0.2, 0) is 4.79 Å². The largest absolute Gasteiger partial charge is 0.392 e. The molecule has 3 atom stereocenters. The predicted octanol–water partition coefficient (Wildman–Crippen LogP) is 1.09. The fraction of sp³-hybridized carbons (Fsp3) is 0.750. The number of nitrogens with one attached hydrogen (secondary N) is 1. The minimum atomic E-state index is -0.328. The van der Waals surface area contributed by atoms with Gasteiger partial charge in [-0.1, -0.05) is 12.1 Å². The van der Waals surface area contributed by atoms with E-state index >= 15 is 0 Å². The van der Waals surface area contributed by atoms with E-state index in [-0.39, 0.29) is 18.1 Å². The summed E-state index contributed by atoms with van der Waals surface area (Å²) in [4.78, 5) is 16.9. The van der Waals surface area contributed by atoms with Crippen LogP contribution in [0.5, 0.6) is 0 Å². The first-order chi connectivity index (χ1) is 10.9. The van der Waals surface area contributed by atoms with Gasteiger partial charge in [-0.2, -0.15) is 0 Å². The zero-order valence-corrected chi connectivity index (χ0v) is 14.5. The first-order valence-corrected chi connectivity index (χ1v) is 8.31. The van der Waals surface area contributed by atoms with Gasteiger partial charge in [-0.05, 0) is 27.2 Å². The minimum absolute atomic E-state index is 0.0834. The van der Waals surface area contributed by atoms with E-state index in [4.69, 9.17) is 4.52 Å². The van der Waals surface area contributed by atoms with Gasteiger partial charge in [0.15, 0.2) is 0 Å². The lowest BCUT2D eigenvalue weighted by molar-refractivity contribution is -0.122. The number of aliphatic hydroxyl groups is 1. The quantitative estimate of drug-likeness (QED) is 0.815. The third-order valence-electron chi connectivity index (χ3n) is 4.41. The highest BCUT2D eigenvalue weighted by Gasteiger charge is 2.31. The third kappa shape index (κ3) is 4.76. The molecule has 0 bridgehead atoms. The molecule has 0 saturated carbocycles. The molecule has 7 heteroatoms. The molecule has 1 aliphatic rings. The number of anilines is 1. The van der Waals surface area contributed by atoms with Crippen LogP contribution >= 0.6 is 0 Å². The molecule has 0 aliphatic carbocycles. The molecular weight excluding hydrogens is 296 g/mol. The van der Waals surface area contributed by atoms with E-state index in [0.29, 0.717) is 18.5 Å². The first-order valence-electron chi connectivity index (χ1n) is 8.31. The minimum Gasteiger partial charge on any atom is -0.392 e. The third-order valence-corrected chi connectivity index (χ3v) is 4.41. The summed E-state index contributed by atoms with van der Waals surface area (Å²) in [6.07, 6.45) is 0.671. The van der Waals surface area contributed by atoms with Gasteiger partial charge < -0.3 is 9.63 Å². The molecular formula is C16H28N4O3. The van der Waals surface area contributed by atoms with Crippen molar-refractivity contribution in [2.45, 2.75) is 52.3 Å². The summed E-state index contributed by atoms with van der Waals surface area (Å²) in [6.45, 7) is 10.9. The number of piperazine rings is 1. The van der Waals surface area contributed by atoms with E-state index in [1.807, 2.05) is 20.8 Å². The summed E-state index contributed by atoms with van der Waals surface area (Å²) in [7, 11) is 0. The zero-order chi connectivity index (χ0) is 17.0. The topological polar surface area (TPSA) is 81.8 Å². The number of nitrogens with zero attached hydrogens (tertiary/aromatic N) is 3. The second-order valence-electron chi connectivity index (χ2n) is 6.40. The SMILES string of the molecule is CC[C@@H]1CN([C@@H](C)C(=O)Nc2cc(C)no2)CCN1C[C@H](C)O. The highest BCUT2D eigenvalue weighted by atomic mass is 16.5. The number of rotatable bonds is 6. The average molecular weight is 324 g/mol. The van der Waals surface area contributed by atoms with Gasteiger partial charge in [0.1, 0.15) is 0 Å². The number of aliphatic hydroxyl groups excluding tert-OH is 1. The van der Waals surface area contributed by atoms with E-state index in [0.717, 1.165) is 31.7 Å². The molecule has 1 aromatic rings. The van der Waals surface area contributed by atoms with Crippen LogP contribution in [0.2, 0.25) is 0 Å². The molecule has 0 unspecified atom stereocenters. The monoisotopic (exact) mass is 324 g/mol. The molecule has 23 heavy (non-hydrogen) atoms. The zero-order valence-electron chi connectivity index (χ0n) is 14.5. The van der Waals surface area contributed by atoms with E-state index < -0.39 is 0 Å². The van der Waals surface area contributed by atoms with Crippen LogP contribution in [0.3, 0.4) is 0 Å². The lowest BCUT2D eigenvalue weighted by atomic mass is 10.1. The summed E-state index contributed by atoms with van der Waals surface area (Å²) in [5.41, 5.74) is 0.741. The van der Waals surface area contributed by atoms with Gasteiger partial charge in [-0.15, -0.1) is 0 Å². The molecule has 0 aromatic carbocycles. The molecule has 7 nitrogen and oxygen atoms in total. The van der Waals surface area contributed by atoms with Crippen LogP contribution in [0, 0.1) is 6.92 Å². The lowest BCUT2D eigenvalue weighted by Crippen LogP contribution is -2.58. The Bertz CT molecular complexity index is 517. The van der Waals surface area contributed by atoms with Crippen molar-refractivity contribution < 1.29 is 14.4 Å². The molecule has 1 amide bonds. The fourth-order valence-corrected chi connectivity index (χ4v) is 3.05. The average Bonchev–Trinajstić information content (AvgIpc) is 2.91. The Hall–Kier alpha value is -1.44. The number of β-amino-alcohol motifs (C(OH)–C–C–N with tert-alkyl or cyclic N) is 1. The maximum Gasteiger partial charge on any atom is 0.243 e. The second-order valence-corrected chi connectivity index (χ2v) is 6.40. The Labute approximate surface area is 137 Å². The Morgan fingerprint density at radius 2 is 2.26 bits per heavy atom. The Morgan fingerprint density at radius 3 is 2.83 bits per heavy atom. The molecule has 1 fully saturated rings. The molecule has 1 aliphatic heterocycles. The van der Waals surface area contributed by atoms with E-state index in [1.165, 1.54) is 0 Å². The van der Waals surface area contributed by atoms with E-state index in [2.05, 4.69) is 27.2 Å². The number of hydrogen-bond acceptors (Lipinski definition) is 6. The molecule has 0 spiro atoms. The fourth-order valence-electron chi connectivity index (χ4n) is 3.05. The van der Waals surface area contributed by atoms with Gasteiger partial charge in [0.2, 0.25) is 11.8 Å². The van der Waals surface area contributed by atoms with Crippen LogP contribution in [-0.4, -0.2) is 70.3 Å². The van der Waals surface area contributed by atoms with Gasteiger partial charge in [0, 0.05) is 38.3 Å². The predicted molar refractivity (Wildman–Crippen MR) is 88.2 cm³/mol. The molecule has 2 N–H and O–H groups in total. The Kier molecular flexibility index (Phi) is 6.15. The van der Waals surface area contributed by atoms with E-state index in [9.17, 15) is 9.90 Å². The highest BCUT2D eigenvalue weighted by Crippen LogP contribution is 2.17. The molecule has 1 saturated heterocycles. The van der Waals surface area contributed by atoms with Gasteiger partial charge in [0.05, 0.1) is 17.8 Å². The maximum absolute atomic E-state index is 12.4. The van der Waals surface area contributed by atoms with Crippen LogP contribution in [0.4, 0.5) is 5.88 Å². The summed E-state index contributed by atoms with van der Waals surface area (Å²) in [5, 5.41) is 16.2. The van der Waals surface area contributed by atoms with Gasteiger partial charge in [0.25, 0.3) is 0 Å². The van der Waals surface area contributed by atoms with Crippen LogP contribution < -0.4 is 5.32 Å². The molecule has 1 aromatic heterocycles. The van der Waals surface area contributed by atoms with Crippen LogP contribution in [0.1, 0.15) is 32.9 Å².